The number of ketones is 1. The standard InChI is InChI=1S/C8H10O3.C7H8O/c9-7-3-1-6(2-4-7)5-8(10)11;1-8-7-5-3-2-4-6-7/h1,3,6H,2,4-5H2,(H,10,11);2-6H,1H3. The smallest absolute Gasteiger partial charge is 0.303 e. The largest absolute Gasteiger partial charge is 0.497 e. The number of para-hydroxylation sites is 1. The molecular weight excluding hydrogens is 244 g/mol. The van der Waals surface area contributed by atoms with Gasteiger partial charge >= 0.3 is 5.97 Å². The van der Waals surface area contributed by atoms with Crippen LogP contribution in [0.5, 0.6) is 5.75 Å². The minimum Gasteiger partial charge on any atom is -0.497 e. The van der Waals surface area contributed by atoms with Crippen LogP contribution in [-0.2, 0) is 9.59 Å². The number of carboxylic acids is 1. The maximum absolute atomic E-state index is 10.7. The second-order valence-electron chi connectivity index (χ2n) is 4.24. The van der Waals surface area contributed by atoms with Gasteiger partial charge in [-0.25, -0.2) is 0 Å². The van der Waals surface area contributed by atoms with E-state index in [2.05, 4.69) is 0 Å². The highest BCUT2D eigenvalue weighted by atomic mass is 16.5. The Balaban J connectivity index is 0.000000200. The second-order valence-corrected chi connectivity index (χ2v) is 4.24. The molecule has 1 aromatic carbocycles. The summed E-state index contributed by atoms with van der Waals surface area (Å²) in [6, 6.07) is 9.68. The van der Waals surface area contributed by atoms with Gasteiger partial charge in [-0.15, -0.1) is 0 Å². The predicted molar refractivity (Wildman–Crippen MR) is 72.1 cm³/mol. The Bertz CT molecular complexity index is 437. The van der Waals surface area contributed by atoms with E-state index in [-0.39, 0.29) is 18.1 Å². The number of hydrogen-bond acceptors (Lipinski definition) is 3. The molecule has 4 heteroatoms. The molecule has 0 fully saturated rings. The van der Waals surface area contributed by atoms with Gasteiger partial charge in [0.25, 0.3) is 0 Å². The molecule has 1 unspecified atom stereocenters. The molecule has 0 amide bonds. The van der Waals surface area contributed by atoms with Gasteiger partial charge in [0.15, 0.2) is 5.78 Å². The molecular formula is C15H18O4. The number of carbonyl (C=O) groups is 2. The predicted octanol–water partition coefficient (Wildman–Crippen LogP) is 2.69. The summed E-state index contributed by atoms with van der Waals surface area (Å²) in [7, 11) is 1.66. The zero-order valence-electron chi connectivity index (χ0n) is 10.9. The van der Waals surface area contributed by atoms with E-state index < -0.39 is 5.97 Å². The van der Waals surface area contributed by atoms with Gasteiger partial charge in [-0.2, -0.15) is 0 Å². The van der Waals surface area contributed by atoms with Gasteiger partial charge in [-0.1, -0.05) is 24.3 Å². The normalized spacial score (nSPS) is 17.3. The van der Waals surface area contributed by atoms with E-state index in [4.69, 9.17) is 9.84 Å². The van der Waals surface area contributed by atoms with Crippen LogP contribution >= 0.6 is 0 Å². The molecule has 1 aromatic rings. The molecule has 0 saturated carbocycles. The minimum atomic E-state index is -0.797. The fraction of sp³-hybridized carbons (Fsp3) is 0.333. The Morgan fingerprint density at radius 3 is 2.47 bits per heavy atom. The molecule has 0 aliphatic heterocycles. The van der Waals surface area contributed by atoms with Crippen LogP contribution in [0.3, 0.4) is 0 Å². The van der Waals surface area contributed by atoms with Gasteiger partial charge in [-0.3, -0.25) is 9.59 Å². The molecule has 1 atom stereocenters. The first-order valence-electron chi connectivity index (χ1n) is 6.13. The van der Waals surface area contributed by atoms with Gasteiger partial charge in [0.05, 0.1) is 13.5 Å². The average Bonchev–Trinajstić information content (AvgIpc) is 2.42. The Morgan fingerprint density at radius 2 is 2.05 bits per heavy atom. The number of carboxylic acid groups (broad SMARTS) is 1. The highest BCUT2D eigenvalue weighted by Gasteiger charge is 2.15. The average molecular weight is 262 g/mol. The van der Waals surface area contributed by atoms with Crippen molar-refractivity contribution in [2.75, 3.05) is 7.11 Å². The highest BCUT2D eigenvalue weighted by Crippen LogP contribution is 2.17. The first-order chi connectivity index (χ1) is 9.11. The highest BCUT2D eigenvalue weighted by molar-refractivity contribution is 5.90. The zero-order chi connectivity index (χ0) is 14.1. The molecule has 1 N–H and O–H groups in total. The van der Waals surface area contributed by atoms with Crippen LogP contribution in [0.15, 0.2) is 42.5 Å². The molecule has 0 heterocycles. The van der Waals surface area contributed by atoms with Crippen LogP contribution in [0.25, 0.3) is 0 Å². The lowest BCUT2D eigenvalue weighted by molar-refractivity contribution is -0.138. The van der Waals surface area contributed by atoms with Gasteiger partial charge in [0.1, 0.15) is 5.75 Å². The molecule has 0 spiro atoms. The first kappa shape index (κ1) is 15.0. The van der Waals surface area contributed by atoms with Crippen molar-refractivity contribution in [2.24, 2.45) is 5.92 Å². The topological polar surface area (TPSA) is 63.6 Å². The fourth-order valence-electron chi connectivity index (χ4n) is 1.70. The van der Waals surface area contributed by atoms with E-state index in [9.17, 15) is 9.59 Å². The van der Waals surface area contributed by atoms with E-state index in [1.165, 1.54) is 6.08 Å². The van der Waals surface area contributed by atoms with Crippen LogP contribution in [0.1, 0.15) is 19.3 Å². The van der Waals surface area contributed by atoms with E-state index >= 15 is 0 Å². The SMILES string of the molecule is COc1ccccc1.O=C(O)CC1C=CC(=O)CC1. The molecule has 102 valence electrons. The van der Waals surface area contributed by atoms with Crippen molar-refractivity contribution < 1.29 is 19.4 Å². The number of methoxy groups -OCH3 is 1. The van der Waals surface area contributed by atoms with Crippen molar-refractivity contribution in [3.8, 4) is 5.75 Å². The van der Waals surface area contributed by atoms with Crippen molar-refractivity contribution in [1.82, 2.24) is 0 Å². The quantitative estimate of drug-likeness (QED) is 0.909. The monoisotopic (exact) mass is 262 g/mol. The van der Waals surface area contributed by atoms with Crippen LogP contribution < -0.4 is 4.74 Å². The lowest BCUT2D eigenvalue weighted by atomic mass is 9.93. The summed E-state index contributed by atoms with van der Waals surface area (Å²) in [6.45, 7) is 0. The van der Waals surface area contributed by atoms with Crippen LogP contribution in [-0.4, -0.2) is 24.0 Å². The number of hydrogen-bond donors (Lipinski definition) is 1. The van der Waals surface area contributed by atoms with Crippen molar-refractivity contribution >= 4 is 11.8 Å². The van der Waals surface area contributed by atoms with Crippen LogP contribution in [0.2, 0.25) is 0 Å². The third-order valence-corrected chi connectivity index (χ3v) is 2.73. The van der Waals surface area contributed by atoms with Crippen molar-refractivity contribution in [1.29, 1.82) is 0 Å². The molecule has 0 aromatic heterocycles. The molecule has 0 radical (unpaired) electrons. The maximum atomic E-state index is 10.7. The number of rotatable bonds is 3. The number of ether oxygens (including phenoxy) is 1. The van der Waals surface area contributed by atoms with E-state index in [1.54, 1.807) is 13.2 Å². The maximum Gasteiger partial charge on any atom is 0.303 e. The van der Waals surface area contributed by atoms with E-state index in [0.717, 1.165) is 5.75 Å². The third-order valence-electron chi connectivity index (χ3n) is 2.73. The summed E-state index contributed by atoms with van der Waals surface area (Å²) >= 11 is 0. The second kappa shape index (κ2) is 8.08. The van der Waals surface area contributed by atoms with Gasteiger partial charge in [-0.05, 0) is 30.5 Å². The van der Waals surface area contributed by atoms with E-state index in [0.29, 0.717) is 12.8 Å². The summed E-state index contributed by atoms with van der Waals surface area (Å²) in [4.78, 5) is 20.9. The Morgan fingerprint density at radius 1 is 1.37 bits per heavy atom. The molecule has 1 aliphatic rings. The van der Waals surface area contributed by atoms with Gasteiger partial charge in [0.2, 0.25) is 0 Å². The Kier molecular flexibility index (Phi) is 6.36. The zero-order valence-corrected chi connectivity index (χ0v) is 10.9. The van der Waals surface area contributed by atoms with Crippen molar-refractivity contribution in [3.05, 3.63) is 42.5 Å². The molecule has 4 nitrogen and oxygen atoms in total. The number of aliphatic carboxylic acids is 1. The Labute approximate surface area is 112 Å². The lowest BCUT2D eigenvalue weighted by Crippen LogP contribution is -2.11. The van der Waals surface area contributed by atoms with Crippen LogP contribution in [0.4, 0.5) is 0 Å². The third kappa shape index (κ3) is 6.41. The summed E-state index contributed by atoms with van der Waals surface area (Å²) < 4.78 is 4.91. The molecule has 0 bridgehead atoms. The van der Waals surface area contributed by atoms with Gasteiger partial charge < -0.3 is 9.84 Å². The number of allylic oxidation sites excluding steroid dienone is 2. The van der Waals surface area contributed by atoms with E-state index in [1.807, 2.05) is 30.3 Å². The number of benzene rings is 1. The van der Waals surface area contributed by atoms with Crippen LogP contribution in [0, 0.1) is 5.92 Å². The Hall–Kier alpha value is -2.10. The molecule has 1 aliphatic carbocycles. The molecule has 2 rings (SSSR count). The summed E-state index contributed by atoms with van der Waals surface area (Å²) in [5.41, 5.74) is 0. The summed E-state index contributed by atoms with van der Waals surface area (Å²) in [5.74, 6) is 0.276. The summed E-state index contributed by atoms with van der Waals surface area (Å²) in [6.07, 6.45) is 4.50. The summed E-state index contributed by atoms with van der Waals surface area (Å²) in [5, 5.41) is 8.41. The number of carbonyl (C=O) groups excluding carboxylic acids is 1. The van der Waals surface area contributed by atoms with Crippen molar-refractivity contribution in [2.45, 2.75) is 19.3 Å². The van der Waals surface area contributed by atoms with Gasteiger partial charge in [0, 0.05) is 6.42 Å². The molecule has 19 heavy (non-hydrogen) atoms. The first-order valence-corrected chi connectivity index (χ1v) is 6.13. The lowest BCUT2D eigenvalue weighted by Gasteiger charge is -2.12. The minimum absolute atomic E-state index is 0.0604. The molecule has 0 saturated heterocycles. The van der Waals surface area contributed by atoms with Crippen molar-refractivity contribution in [3.63, 3.8) is 0 Å². The fourth-order valence-corrected chi connectivity index (χ4v) is 1.70.